The number of nitrogens with zero attached hydrogens (tertiary/aromatic N) is 1. The molecule has 0 atom stereocenters. The van der Waals surface area contributed by atoms with Crippen molar-refractivity contribution < 1.29 is 14.3 Å². The fraction of sp³-hybridized carbons (Fsp3) is 0.471. The van der Waals surface area contributed by atoms with E-state index in [-0.39, 0.29) is 5.91 Å². The molecule has 1 rings (SSSR count). The third-order valence-electron chi connectivity index (χ3n) is 3.39. The van der Waals surface area contributed by atoms with Gasteiger partial charge < -0.3 is 14.4 Å². The predicted molar refractivity (Wildman–Crippen MR) is 85.3 cm³/mol. The van der Waals surface area contributed by atoms with Gasteiger partial charge in [0.2, 0.25) is 0 Å². The van der Waals surface area contributed by atoms with Gasteiger partial charge in [-0.05, 0) is 38.8 Å². The molecule has 0 fully saturated rings. The van der Waals surface area contributed by atoms with Gasteiger partial charge in [-0.3, -0.25) is 4.79 Å². The highest BCUT2D eigenvalue weighted by molar-refractivity contribution is 5.99. The molecule has 4 nitrogen and oxygen atoms in total. The molecule has 0 saturated heterocycles. The molecule has 0 saturated carbocycles. The molecule has 0 N–H and O–H groups in total. The molecule has 0 bridgehead atoms. The van der Waals surface area contributed by atoms with Crippen LogP contribution in [0, 0.1) is 0 Å². The van der Waals surface area contributed by atoms with Gasteiger partial charge >= 0.3 is 0 Å². The van der Waals surface area contributed by atoms with Crippen LogP contribution in [0.15, 0.2) is 24.3 Å². The Morgan fingerprint density at radius 3 is 2.24 bits per heavy atom. The summed E-state index contributed by atoms with van der Waals surface area (Å²) in [5.74, 6) is 1.03. The fourth-order valence-corrected chi connectivity index (χ4v) is 2.34. The zero-order chi connectivity index (χ0) is 16.0. The van der Waals surface area contributed by atoms with Crippen LogP contribution in [-0.4, -0.2) is 38.1 Å². The minimum atomic E-state index is -0.0352. The number of carbonyl (C=O) groups excluding carboxylic acids is 1. The normalized spacial score (nSPS) is 10.1. The van der Waals surface area contributed by atoms with E-state index in [1.165, 1.54) is 0 Å². The quantitative estimate of drug-likeness (QED) is 0.723. The molecule has 0 aromatic heterocycles. The van der Waals surface area contributed by atoms with Crippen molar-refractivity contribution in [3.8, 4) is 11.5 Å². The predicted octanol–water partition coefficient (Wildman–Crippen LogP) is 3.30. The summed E-state index contributed by atoms with van der Waals surface area (Å²) in [6.07, 6.45) is 0.642. The Balaban J connectivity index is 3.47. The van der Waals surface area contributed by atoms with Crippen LogP contribution in [0.1, 0.15) is 36.7 Å². The van der Waals surface area contributed by atoms with Gasteiger partial charge in [0, 0.05) is 13.1 Å². The van der Waals surface area contributed by atoms with E-state index in [0.29, 0.717) is 36.6 Å². The minimum absolute atomic E-state index is 0.0352. The fourth-order valence-electron chi connectivity index (χ4n) is 2.34. The first-order chi connectivity index (χ1) is 9.99. The lowest BCUT2D eigenvalue weighted by molar-refractivity contribution is 0.0768. The van der Waals surface area contributed by atoms with Crippen molar-refractivity contribution in [2.24, 2.45) is 0 Å². The largest absolute Gasteiger partial charge is 0.493 e. The van der Waals surface area contributed by atoms with Gasteiger partial charge in [0.15, 0.2) is 11.5 Å². The molecule has 116 valence electrons. The summed E-state index contributed by atoms with van der Waals surface area (Å²) >= 11 is 0. The highest BCUT2D eigenvalue weighted by Gasteiger charge is 2.24. The first-order valence-electron chi connectivity index (χ1n) is 7.17. The first kappa shape index (κ1) is 17.1. The van der Waals surface area contributed by atoms with Gasteiger partial charge in [-0.15, -0.1) is 0 Å². The number of methoxy groups -OCH3 is 2. The maximum absolute atomic E-state index is 12.8. The number of rotatable bonds is 7. The summed E-state index contributed by atoms with van der Waals surface area (Å²) < 4.78 is 10.8. The standard InChI is InChI=1S/C17H25NO3/c1-7-18(8-2)17(19)15-13(11-12(3)4)9-10-14(20-5)16(15)21-6/h9-10H,3,7-8,11H2,1-2,4-6H3. The molecule has 0 radical (unpaired) electrons. The highest BCUT2D eigenvalue weighted by atomic mass is 16.5. The Labute approximate surface area is 127 Å². The van der Waals surface area contributed by atoms with Gasteiger partial charge in [-0.25, -0.2) is 0 Å². The lowest BCUT2D eigenvalue weighted by Gasteiger charge is -2.23. The molecule has 1 aromatic rings. The maximum atomic E-state index is 12.8. The van der Waals surface area contributed by atoms with Crippen LogP contribution in [0.25, 0.3) is 0 Å². The summed E-state index contributed by atoms with van der Waals surface area (Å²) in [5.41, 5.74) is 2.48. The molecule has 0 unspecified atom stereocenters. The Bertz CT molecular complexity index is 519. The summed E-state index contributed by atoms with van der Waals surface area (Å²) in [5, 5.41) is 0. The second kappa shape index (κ2) is 7.72. The molecule has 0 aliphatic carbocycles. The topological polar surface area (TPSA) is 38.8 Å². The number of hydrogen-bond donors (Lipinski definition) is 0. The van der Waals surface area contributed by atoms with Crippen LogP contribution in [0.2, 0.25) is 0 Å². The number of carbonyl (C=O) groups is 1. The van der Waals surface area contributed by atoms with E-state index in [9.17, 15) is 4.79 Å². The van der Waals surface area contributed by atoms with E-state index in [1.54, 1.807) is 19.1 Å². The molecular weight excluding hydrogens is 266 g/mol. The number of allylic oxidation sites excluding steroid dienone is 1. The summed E-state index contributed by atoms with van der Waals surface area (Å²) in [7, 11) is 3.13. The maximum Gasteiger partial charge on any atom is 0.258 e. The van der Waals surface area contributed by atoms with Crippen LogP contribution >= 0.6 is 0 Å². The minimum Gasteiger partial charge on any atom is -0.493 e. The molecule has 0 aliphatic rings. The van der Waals surface area contributed by atoms with Crippen molar-refractivity contribution in [1.82, 2.24) is 4.90 Å². The molecule has 4 heteroatoms. The zero-order valence-electron chi connectivity index (χ0n) is 13.7. The first-order valence-corrected chi connectivity index (χ1v) is 7.17. The van der Waals surface area contributed by atoms with Gasteiger partial charge in [-0.2, -0.15) is 0 Å². The summed E-state index contributed by atoms with van der Waals surface area (Å²) in [6.45, 7) is 11.1. The lowest BCUT2D eigenvalue weighted by Crippen LogP contribution is -2.31. The average Bonchev–Trinajstić information content (AvgIpc) is 2.47. The Morgan fingerprint density at radius 1 is 1.19 bits per heavy atom. The monoisotopic (exact) mass is 291 g/mol. The molecule has 1 amide bonds. The van der Waals surface area contributed by atoms with Crippen LogP contribution in [0.3, 0.4) is 0 Å². The van der Waals surface area contributed by atoms with Crippen molar-refractivity contribution >= 4 is 5.91 Å². The molecule has 0 heterocycles. The summed E-state index contributed by atoms with van der Waals surface area (Å²) in [4.78, 5) is 14.6. The molecule has 21 heavy (non-hydrogen) atoms. The second-order valence-electron chi connectivity index (χ2n) is 4.95. The van der Waals surface area contributed by atoms with Gasteiger partial charge in [0.25, 0.3) is 5.91 Å². The molecule has 0 spiro atoms. The second-order valence-corrected chi connectivity index (χ2v) is 4.95. The van der Waals surface area contributed by atoms with Crippen LogP contribution in [0.5, 0.6) is 11.5 Å². The van der Waals surface area contributed by atoms with Crippen LogP contribution in [0.4, 0.5) is 0 Å². The van der Waals surface area contributed by atoms with Gasteiger partial charge in [-0.1, -0.05) is 18.2 Å². The lowest BCUT2D eigenvalue weighted by atomic mass is 9.98. The van der Waals surface area contributed by atoms with Crippen molar-refractivity contribution in [2.45, 2.75) is 27.2 Å². The molecule has 0 aliphatic heterocycles. The highest BCUT2D eigenvalue weighted by Crippen LogP contribution is 2.35. The Kier molecular flexibility index (Phi) is 6.28. The van der Waals surface area contributed by atoms with Gasteiger partial charge in [0.1, 0.15) is 0 Å². The van der Waals surface area contributed by atoms with Crippen molar-refractivity contribution in [3.63, 3.8) is 0 Å². The Morgan fingerprint density at radius 2 is 1.81 bits per heavy atom. The third kappa shape index (κ3) is 3.78. The van der Waals surface area contributed by atoms with E-state index in [1.807, 2.05) is 32.9 Å². The van der Waals surface area contributed by atoms with E-state index >= 15 is 0 Å². The number of hydrogen-bond acceptors (Lipinski definition) is 3. The van der Waals surface area contributed by atoms with Crippen LogP contribution < -0.4 is 9.47 Å². The number of amides is 1. The van der Waals surface area contributed by atoms with Gasteiger partial charge in [0.05, 0.1) is 19.8 Å². The third-order valence-corrected chi connectivity index (χ3v) is 3.39. The average molecular weight is 291 g/mol. The number of ether oxygens (including phenoxy) is 2. The molecular formula is C17H25NO3. The molecule has 1 aromatic carbocycles. The van der Waals surface area contributed by atoms with E-state index < -0.39 is 0 Å². The van der Waals surface area contributed by atoms with E-state index in [2.05, 4.69) is 6.58 Å². The summed E-state index contributed by atoms with van der Waals surface area (Å²) in [6, 6.07) is 3.74. The van der Waals surface area contributed by atoms with Crippen molar-refractivity contribution in [2.75, 3.05) is 27.3 Å². The zero-order valence-corrected chi connectivity index (χ0v) is 13.7. The number of benzene rings is 1. The van der Waals surface area contributed by atoms with Crippen LogP contribution in [-0.2, 0) is 6.42 Å². The SMILES string of the molecule is C=C(C)Cc1ccc(OC)c(OC)c1C(=O)N(CC)CC. The Hall–Kier alpha value is -1.97. The smallest absolute Gasteiger partial charge is 0.258 e. The van der Waals surface area contributed by atoms with Crippen molar-refractivity contribution in [3.05, 3.63) is 35.4 Å². The van der Waals surface area contributed by atoms with E-state index in [4.69, 9.17) is 9.47 Å². The van der Waals surface area contributed by atoms with E-state index in [0.717, 1.165) is 11.1 Å². The van der Waals surface area contributed by atoms with Crippen molar-refractivity contribution in [1.29, 1.82) is 0 Å².